The Morgan fingerprint density at radius 1 is 1.24 bits per heavy atom. The highest BCUT2D eigenvalue weighted by Gasteiger charge is 2.20. The SMILES string of the molecule is CC(Cc1cnccn1)Nc1ncnc2sc3c(c12)CCNC3.Cl.Cl. The van der Waals surface area contributed by atoms with E-state index in [0.717, 1.165) is 42.3 Å². The first-order chi connectivity index (χ1) is 11.3. The van der Waals surface area contributed by atoms with Crippen LogP contribution in [0.25, 0.3) is 10.2 Å². The Hall–Kier alpha value is -1.54. The van der Waals surface area contributed by atoms with Crippen LogP contribution in [0, 0.1) is 0 Å². The Bertz CT molecular complexity index is 826. The van der Waals surface area contributed by atoms with E-state index in [2.05, 4.69) is 37.5 Å². The van der Waals surface area contributed by atoms with Gasteiger partial charge < -0.3 is 10.6 Å². The molecule has 1 unspecified atom stereocenters. The van der Waals surface area contributed by atoms with Crippen LogP contribution in [-0.4, -0.2) is 32.5 Å². The molecular formula is C16H20Cl2N6S. The van der Waals surface area contributed by atoms with Crippen molar-refractivity contribution in [2.24, 2.45) is 0 Å². The fourth-order valence-electron chi connectivity index (χ4n) is 3.00. The van der Waals surface area contributed by atoms with Crippen LogP contribution in [0.3, 0.4) is 0 Å². The molecule has 134 valence electrons. The van der Waals surface area contributed by atoms with Crippen LogP contribution in [0.5, 0.6) is 0 Å². The van der Waals surface area contributed by atoms with Crippen molar-refractivity contribution >= 4 is 52.2 Å². The van der Waals surface area contributed by atoms with Crippen molar-refractivity contribution in [1.29, 1.82) is 0 Å². The number of rotatable bonds is 4. The second-order valence-electron chi connectivity index (χ2n) is 5.78. The molecule has 0 aliphatic carbocycles. The van der Waals surface area contributed by atoms with E-state index in [-0.39, 0.29) is 30.9 Å². The van der Waals surface area contributed by atoms with E-state index in [1.54, 1.807) is 30.1 Å². The summed E-state index contributed by atoms with van der Waals surface area (Å²) in [5.74, 6) is 0.936. The van der Waals surface area contributed by atoms with Crippen molar-refractivity contribution in [2.45, 2.75) is 32.4 Å². The van der Waals surface area contributed by atoms with E-state index in [4.69, 9.17) is 0 Å². The zero-order chi connectivity index (χ0) is 15.6. The van der Waals surface area contributed by atoms with Gasteiger partial charge in [-0.3, -0.25) is 9.97 Å². The molecule has 2 N–H and O–H groups in total. The van der Waals surface area contributed by atoms with Crippen LogP contribution < -0.4 is 10.6 Å². The summed E-state index contributed by atoms with van der Waals surface area (Å²) in [5, 5.41) is 8.15. The summed E-state index contributed by atoms with van der Waals surface area (Å²) in [5.41, 5.74) is 2.38. The number of nitrogens with zero attached hydrogens (tertiary/aromatic N) is 4. The minimum atomic E-state index is 0. The Morgan fingerprint density at radius 3 is 2.92 bits per heavy atom. The zero-order valence-corrected chi connectivity index (χ0v) is 16.2. The molecule has 4 rings (SSSR count). The van der Waals surface area contributed by atoms with E-state index in [1.807, 2.05) is 6.20 Å². The van der Waals surface area contributed by atoms with Gasteiger partial charge in [0.05, 0.1) is 11.1 Å². The lowest BCUT2D eigenvalue weighted by atomic mass is 10.1. The predicted molar refractivity (Wildman–Crippen MR) is 106 cm³/mol. The topological polar surface area (TPSA) is 75.6 Å². The van der Waals surface area contributed by atoms with Crippen molar-refractivity contribution in [3.63, 3.8) is 0 Å². The van der Waals surface area contributed by atoms with Gasteiger partial charge in [-0.15, -0.1) is 36.2 Å². The Morgan fingerprint density at radius 2 is 2.12 bits per heavy atom. The molecule has 0 amide bonds. The molecule has 1 atom stereocenters. The number of thiophene rings is 1. The molecule has 0 bridgehead atoms. The van der Waals surface area contributed by atoms with Crippen molar-refractivity contribution in [1.82, 2.24) is 25.3 Å². The van der Waals surface area contributed by atoms with Crippen LogP contribution >= 0.6 is 36.2 Å². The van der Waals surface area contributed by atoms with Gasteiger partial charge in [-0.1, -0.05) is 0 Å². The first-order valence-electron chi connectivity index (χ1n) is 7.78. The van der Waals surface area contributed by atoms with Gasteiger partial charge in [0.1, 0.15) is 17.0 Å². The second-order valence-corrected chi connectivity index (χ2v) is 6.86. The molecular weight excluding hydrogens is 379 g/mol. The molecule has 3 aromatic rings. The highest BCUT2D eigenvalue weighted by molar-refractivity contribution is 7.18. The van der Waals surface area contributed by atoms with Crippen molar-refractivity contribution in [3.05, 3.63) is 41.1 Å². The summed E-state index contributed by atoms with van der Waals surface area (Å²) in [6, 6.07) is 0.224. The molecule has 6 nitrogen and oxygen atoms in total. The fourth-order valence-corrected chi connectivity index (χ4v) is 4.16. The maximum Gasteiger partial charge on any atom is 0.138 e. The zero-order valence-electron chi connectivity index (χ0n) is 13.7. The Labute approximate surface area is 162 Å². The minimum absolute atomic E-state index is 0. The molecule has 25 heavy (non-hydrogen) atoms. The van der Waals surface area contributed by atoms with Gasteiger partial charge >= 0.3 is 0 Å². The molecule has 4 heterocycles. The summed E-state index contributed by atoms with van der Waals surface area (Å²) in [7, 11) is 0. The van der Waals surface area contributed by atoms with Gasteiger partial charge in [-0.25, -0.2) is 9.97 Å². The molecule has 1 aliphatic heterocycles. The molecule has 0 saturated carbocycles. The van der Waals surface area contributed by atoms with E-state index in [1.165, 1.54) is 15.8 Å². The quantitative estimate of drug-likeness (QED) is 0.703. The molecule has 0 fully saturated rings. The van der Waals surface area contributed by atoms with Crippen LogP contribution in [0.2, 0.25) is 0 Å². The van der Waals surface area contributed by atoms with Gasteiger partial charge in [0, 0.05) is 42.5 Å². The van der Waals surface area contributed by atoms with E-state index in [0.29, 0.717) is 0 Å². The molecule has 0 spiro atoms. The number of hydrogen-bond donors (Lipinski definition) is 2. The lowest BCUT2D eigenvalue weighted by molar-refractivity contribution is 0.657. The number of nitrogens with one attached hydrogen (secondary N) is 2. The number of halogens is 2. The molecule has 9 heteroatoms. The third-order valence-electron chi connectivity index (χ3n) is 4.02. The largest absolute Gasteiger partial charge is 0.367 e. The summed E-state index contributed by atoms with van der Waals surface area (Å²) in [6.07, 6.45) is 8.73. The first kappa shape index (κ1) is 19.8. The highest BCUT2D eigenvalue weighted by Crippen LogP contribution is 2.35. The van der Waals surface area contributed by atoms with Gasteiger partial charge in [-0.2, -0.15) is 0 Å². The summed E-state index contributed by atoms with van der Waals surface area (Å²) < 4.78 is 0. The van der Waals surface area contributed by atoms with Crippen molar-refractivity contribution in [3.8, 4) is 0 Å². The van der Waals surface area contributed by atoms with E-state index in [9.17, 15) is 0 Å². The fraction of sp³-hybridized carbons (Fsp3) is 0.375. The average Bonchev–Trinajstić information content (AvgIpc) is 2.95. The van der Waals surface area contributed by atoms with Crippen molar-refractivity contribution in [2.75, 3.05) is 11.9 Å². The molecule has 0 radical (unpaired) electrons. The average molecular weight is 399 g/mol. The van der Waals surface area contributed by atoms with Crippen LogP contribution in [0.1, 0.15) is 23.1 Å². The molecule has 1 aliphatic rings. The van der Waals surface area contributed by atoms with Gasteiger partial charge in [-0.05, 0) is 25.5 Å². The summed E-state index contributed by atoms with van der Waals surface area (Å²) in [6.45, 7) is 4.09. The van der Waals surface area contributed by atoms with Crippen molar-refractivity contribution < 1.29 is 0 Å². The Balaban J connectivity index is 0.00000113. The predicted octanol–water partition coefficient (Wildman–Crippen LogP) is 3.01. The van der Waals surface area contributed by atoms with Gasteiger partial charge in [0.15, 0.2) is 0 Å². The van der Waals surface area contributed by atoms with Crippen LogP contribution in [-0.2, 0) is 19.4 Å². The standard InChI is InChI=1S/C16H18N6S.2ClH/c1-10(6-11-7-18-4-5-19-11)22-15-14-12-2-3-17-8-13(12)23-16(14)21-9-20-15;;/h4-5,7,9-10,17H,2-3,6,8H2,1H3,(H,20,21,22);2*1H. The molecule has 3 aromatic heterocycles. The highest BCUT2D eigenvalue weighted by atomic mass is 35.5. The normalized spacial score (nSPS) is 14.1. The smallest absolute Gasteiger partial charge is 0.138 e. The third kappa shape index (κ3) is 4.17. The van der Waals surface area contributed by atoms with Gasteiger partial charge in [0.2, 0.25) is 0 Å². The minimum Gasteiger partial charge on any atom is -0.367 e. The monoisotopic (exact) mass is 398 g/mol. The number of fused-ring (bicyclic) bond motifs is 3. The summed E-state index contributed by atoms with van der Waals surface area (Å²) >= 11 is 1.77. The van der Waals surface area contributed by atoms with Crippen LogP contribution in [0.4, 0.5) is 5.82 Å². The maximum atomic E-state index is 4.50. The molecule has 0 saturated heterocycles. The lowest BCUT2D eigenvalue weighted by Crippen LogP contribution is -2.23. The lowest BCUT2D eigenvalue weighted by Gasteiger charge is -2.16. The first-order valence-corrected chi connectivity index (χ1v) is 8.60. The van der Waals surface area contributed by atoms with E-state index < -0.39 is 0 Å². The molecule has 0 aromatic carbocycles. The van der Waals surface area contributed by atoms with E-state index >= 15 is 0 Å². The Kier molecular flexibility index (Phi) is 6.89. The van der Waals surface area contributed by atoms with Gasteiger partial charge in [0.25, 0.3) is 0 Å². The maximum absolute atomic E-state index is 4.50. The third-order valence-corrected chi connectivity index (χ3v) is 5.16. The number of aromatic nitrogens is 4. The number of hydrogen-bond acceptors (Lipinski definition) is 7. The second kappa shape index (κ2) is 8.71. The van der Waals surface area contributed by atoms with Crippen LogP contribution in [0.15, 0.2) is 24.9 Å². The number of anilines is 1. The summed E-state index contributed by atoms with van der Waals surface area (Å²) in [4.78, 5) is 19.9.